The molecule has 1 heterocycles. The first-order valence-corrected chi connectivity index (χ1v) is 9.49. The van der Waals surface area contributed by atoms with Gasteiger partial charge in [-0.15, -0.1) is 11.3 Å². The molecular weight excluding hydrogens is 378 g/mol. The molecule has 0 aliphatic heterocycles. The average molecular weight is 401 g/mol. The Morgan fingerprint density at radius 1 is 1.04 bits per heavy atom. The van der Waals surface area contributed by atoms with Crippen LogP contribution < -0.4 is 5.32 Å². The Morgan fingerprint density at radius 2 is 1.64 bits per heavy atom. The van der Waals surface area contributed by atoms with Gasteiger partial charge in [0.2, 0.25) is 5.91 Å². The fourth-order valence-corrected chi connectivity index (χ4v) is 3.67. The molecule has 6 nitrogen and oxygen atoms in total. The standard InChI is InChI=1S/C21H23NO5S/c1-12(2)15-9-6-14(7-10-15)8-11-16(23)22-19-17(20(24)26-4)13(3)18(28-19)21(25)27-5/h6-12H,1-5H3,(H,22,23). The highest BCUT2D eigenvalue weighted by Gasteiger charge is 2.26. The Hall–Kier alpha value is -2.93. The molecule has 148 valence electrons. The lowest BCUT2D eigenvalue weighted by Gasteiger charge is -2.05. The zero-order valence-electron chi connectivity index (χ0n) is 16.5. The van der Waals surface area contributed by atoms with E-state index in [2.05, 4.69) is 19.2 Å². The van der Waals surface area contributed by atoms with Crippen molar-refractivity contribution in [3.05, 3.63) is 57.5 Å². The summed E-state index contributed by atoms with van der Waals surface area (Å²) in [4.78, 5) is 36.5. The molecule has 28 heavy (non-hydrogen) atoms. The van der Waals surface area contributed by atoms with Gasteiger partial charge in [-0.1, -0.05) is 38.1 Å². The molecule has 0 fully saturated rings. The number of hydrogen-bond acceptors (Lipinski definition) is 6. The Kier molecular flexibility index (Phi) is 7.12. The molecule has 0 aliphatic rings. The summed E-state index contributed by atoms with van der Waals surface area (Å²) in [5.41, 5.74) is 2.65. The lowest BCUT2D eigenvalue weighted by atomic mass is 10.0. The van der Waals surface area contributed by atoms with Gasteiger partial charge >= 0.3 is 11.9 Å². The molecule has 0 aliphatic carbocycles. The predicted octanol–water partition coefficient (Wildman–Crippen LogP) is 4.41. The van der Waals surface area contributed by atoms with Crippen molar-refractivity contribution >= 4 is 40.3 Å². The van der Waals surface area contributed by atoms with Crippen LogP contribution in [0, 0.1) is 6.92 Å². The summed E-state index contributed by atoms with van der Waals surface area (Å²) in [6.07, 6.45) is 3.05. The van der Waals surface area contributed by atoms with Crippen molar-refractivity contribution in [1.82, 2.24) is 0 Å². The third-order valence-electron chi connectivity index (χ3n) is 4.17. The summed E-state index contributed by atoms with van der Waals surface area (Å²) >= 11 is 0.976. The van der Waals surface area contributed by atoms with Gasteiger partial charge in [-0.05, 0) is 35.6 Å². The molecule has 1 aromatic heterocycles. The highest BCUT2D eigenvalue weighted by Crippen LogP contribution is 2.34. The second-order valence-corrected chi connectivity index (χ2v) is 7.41. The number of anilines is 1. The maximum atomic E-state index is 12.3. The predicted molar refractivity (Wildman–Crippen MR) is 110 cm³/mol. The Labute approximate surface area is 168 Å². The first-order valence-electron chi connectivity index (χ1n) is 8.67. The van der Waals surface area contributed by atoms with Crippen LogP contribution in [0.3, 0.4) is 0 Å². The van der Waals surface area contributed by atoms with Gasteiger partial charge in [-0.3, -0.25) is 4.79 Å². The van der Waals surface area contributed by atoms with Gasteiger partial charge in [0, 0.05) is 6.08 Å². The quantitative estimate of drug-likeness (QED) is 0.573. The SMILES string of the molecule is COC(=O)c1sc(NC(=O)C=Cc2ccc(C(C)C)cc2)c(C(=O)OC)c1C. The van der Waals surface area contributed by atoms with Gasteiger partial charge < -0.3 is 14.8 Å². The van der Waals surface area contributed by atoms with Crippen molar-refractivity contribution in [2.24, 2.45) is 0 Å². The van der Waals surface area contributed by atoms with Crippen LogP contribution in [0.4, 0.5) is 5.00 Å². The zero-order valence-corrected chi connectivity index (χ0v) is 17.3. The van der Waals surface area contributed by atoms with Crippen LogP contribution in [-0.4, -0.2) is 32.1 Å². The van der Waals surface area contributed by atoms with Crippen LogP contribution in [0.15, 0.2) is 30.3 Å². The fourth-order valence-electron chi connectivity index (χ4n) is 2.55. The minimum absolute atomic E-state index is 0.149. The smallest absolute Gasteiger partial charge is 0.348 e. The minimum Gasteiger partial charge on any atom is -0.465 e. The monoisotopic (exact) mass is 401 g/mol. The molecular formula is C21H23NO5S. The van der Waals surface area contributed by atoms with Gasteiger partial charge in [0.1, 0.15) is 9.88 Å². The number of thiophene rings is 1. The number of esters is 2. The summed E-state index contributed by atoms with van der Waals surface area (Å²) < 4.78 is 9.50. The molecule has 0 saturated carbocycles. The number of hydrogen-bond donors (Lipinski definition) is 1. The largest absolute Gasteiger partial charge is 0.465 e. The zero-order chi connectivity index (χ0) is 20.8. The normalized spacial score (nSPS) is 10.9. The highest BCUT2D eigenvalue weighted by molar-refractivity contribution is 7.18. The van der Waals surface area contributed by atoms with Crippen molar-refractivity contribution in [2.45, 2.75) is 26.7 Å². The number of benzene rings is 1. The van der Waals surface area contributed by atoms with Gasteiger partial charge in [0.15, 0.2) is 0 Å². The average Bonchev–Trinajstić information content (AvgIpc) is 3.01. The molecule has 0 bridgehead atoms. The maximum Gasteiger partial charge on any atom is 0.348 e. The highest BCUT2D eigenvalue weighted by atomic mass is 32.1. The molecule has 2 aromatic rings. The third kappa shape index (κ3) is 4.86. The van der Waals surface area contributed by atoms with Gasteiger partial charge in [-0.25, -0.2) is 9.59 Å². The Balaban J connectivity index is 2.22. The number of carbonyl (C=O) groups excluding carboxylic acids is 3. The molecule has 0 radical (unpaired) electrons. The fraction of sp³-hybridized carbons (Fsp3) is 0.286. The van der Waals surface area contributed by atoms with Crippen molar-refractivity contribution in [3.63, 3.8) is 0 Å². The summed E-state index contributed by atoms with van der Waals surface area (Å²) in [5.74, 6) is -1.19. The van der Waals surface area contributed by atoms with E-state index in [1.807, 2.05) is 24.3 Å². The van der Waals surface area contributed by atoms with Crippen LogP contribution in [0.25, 0.3) is 6.08 Å². The van der Waals surface area contributed by atoms with E-state index >= 15 is 0 Å². The number of ether oxygens (including phenoxy) is 2. The number of methoxy groups -OCH3 is 2. The molecule has 2 rings (SSSR count). The third-order valence-corrected chi connectivity index (χ3v) is 5.36. The van der Waals surface area contributed by atoms with Gasteiger partial charge in [-0.2, -0.15) is 0 Å². The van der Waals surface area contributed by atoms with Crippen molar-refractivity contribution in [1.29, 1.82) is 0 Å². The van der Waals surface area contributed by atoms with E-state index in [4.69, 9.17) is 9.47 Å². The van der Waals surface area contributed by atoms with Crippen molar-refractivity contribution in [2.75, 3.05) is 19.5 Å². The second kappa shape index (κ2) is 9.32. The Bertz CT molecular complexity index is 910. The summed E-state index contributed by atoms with van der Waals surface area (Å²) in [7, 11) is 2.49. The molecule has 1 N–H and O–H groups in total. The molecule has 0 saturated heterocycles. The number of amides is 1. The van der Waals surface area contributed by atoms with Crippen LogP contribution in [0.2, 0.25) is 0 Å². The van der Waals surface area contributed by atoms with E-state index < -0.39 is 17.8 Å². The van der Waals surface area contributed by atoms with E-state index in [-0.39, 0.29) is 15.4 Å². The van der Waals surface area contributed by atoms with Crippen LogP contribution >= 0.6 is 11.3 Å². The molecule has 1 amide bonds. The van der Waals surface area contributed by atoms with E-state index in [1.54, 1.807) is 13.0 Å². The van der Waals surface area contributed by atoms with E-state index in [0.29, 0.717) is 11.5 Å². The molecule has 0 spiro atoms. The first kappa shape index (κ1) is 21.4. The Morgan fingerprint density at radius 3 is 2.18 bits per heavy atom. The van der Waals surface area contributed by atoms with Crippen LogP contribution in [-0.2, 0) is 14.3 Å². The molecule has 1 aromatic carbocycles. The lowest BCUT2D eigenvalue weighted by Crippen LogP contribution is -2.11. The lowest BCUT2D eigenvalue weighted by molar-refractivity contribution is -0.111. The topological polar surface area (TPSA) is 81.7 Å². The summed E-state index contributed by atoms with van der Waals surface area (Å²) in [6, 6.07) is 7.90. The van der Waals surface area contributed by atoms with E-state index in [0.717, 1.165) is 16.9 Å². The minimum atomic E-state index is -0.632. The number of rotatable bonds is 6. The van der Waals surface area contributed by atoms with E-state index in [1.165, 1.54) is 25.9 Å². The van der Waals surface area contributed by atoms with Crippen molar-refractivity contribution in [3.8, 4) is 0 Å². The number of carbonyl (C=O) groups is 3. The van der Waals surface area contributed by atoms with Gasteiger partial charge in [0.05, 0.1) is 19.8 Å². The van der Waals surface area contributed by atoms with Crippen molar-refractivity contribution < 1.29 is 23.9 Å². The number of nitrogens with one attached hydrogen (secondary N) is 1. The van der Waals surface area contributed by atoms with Crippen LogP contribution in [0.5, 0.6) is 0 Å². The first-order chi connectivity index (χ1) is 13.3. The summed E-state index contributed by atoms with van der Waals surface area (Å²) in [5, 5.41) is 2.89. The molecule has 0 unspecified atom stereocenters. The second-order valence-electron chi connectivity index (χ2n) is 6.39. The molecule has 7 heteroatoms. The van der Waals surface area contributed by atoms with Gasteiger partial charge in [0.25, 0.3) is 0 Å². The summed E-state index contributed by atoms with van der Waals surface area (Å²) in [6.45, 7) is 5.84. The van der Waals surface area contributed by atoms with Crippen LogP contribution in [0.1, 0.15) is 56.5 Å². The molecule has 0 atom stereocenters. The van der Waals surface area contributed by atoms with E-state index in [9.17, 15) is 14.4 Å². The maximum absolute atomic E-state index is 12.3.